The minimum absolute atomic E-state index is 0.0725. The summed E-state index contributed by atoms with van der Waals surface area (Å²) in [6.07, 6.45) is -2.01. The van der Waals surface area contributed by atoms with E-state index in [1.807, 2.05) is 47.7 Å². The Balaban J connectivity index is 2.29. The Morgan fingerprint density at radius 2 is 1.49 bits per heavy atom. The standard InChI is InChI=1S/C36H59N3O14SSi/c1-14-23(15-2)52-35(47)51-19-49-32(44)30(42)39-27(26(29(39)41)22(6)53-55(12,13)36(7,8)9)21(5)33(45)54-24-16-25(28(40)37(10)11)38(17-24)34(46)50-18-48-31(43)20(3)4/h20-27H,14-19H2,1-13H3/t21-,22-,24+,25+,26-,27-/m1/s1. The lowest BCUT2D eigenvalue weighted by atomic mass is 9.77. The Kier molecular flexibility index (Phi) is 17.2. The van der Waals surface area contributed by atoms with E-state index in [0.717, 1.165) is 11.8 Å². The summed E-state index contributed by atoms with van der Waals surface area (Å²) in [5.74, 6) is -7.03. The van der Waals surface area contributed by atoms with Gasteiger partial charge < -0.3 is 33.0 Å². The molecule has 0 spiro atoms. The molecule has 0 aromatic carbocycles. The highest BCUT2D eigenvalue weighted by atomic mass is 32.2. The topological polar surface area (TPSA) is 202 Å². The summed E-state index contributed by atoms with van der Waals surface area (Å²) in [5, 5.41) is -1.31. The summed E-state index contributed by atoms with van der Waals surface area (Å²) < 4.78 is 31.3. The maximum Gasteiger partial charge on any atom is 0.511 e. The number of ether oxygens (including phenoxy) is 5. The summed E-state index contributed by atoms with van der Waals surface area (Å²) in [6.45, 7) is 18.5. The average Bonchev–Trinajstić information content (AvgIpc) is 3.51. The molecule has 4 amide bonds. The van der Waals surface area contributed by atoms with E-state index in [1.165, 1.54) is 30.8 Å². The second kappa shape index (κ2) is 19.9. The minimum Gasteiger partial charge on any atom is -0.431 e. The second-order valence-corrected chi connectivity index (χ2v) is 21.8. The summed E-state index contributed by atoms with van der Waals surface area (Å²) in [7, 11) is 0.583. The van der Waals surface area contributed by atoms with Crippen molar-refractivity contribution >= 4 is 67.1 Å². The first-order valence-electron chi connectivity index (χ1n) is 18.5. The number of likely N-dealkylation sites (N-methyl/N-ethyl adjacent to an activating group) is 1. The molecule has 2 saturated heterocycles. The van der Waals surface area contributed by atoms with Crippen LogP contribution >= 0.6 is 11.8 Å². The Morgan fingerprint density at radius 3 is 2.02 bits per heavy atom. The van der Waals surface area contributed by atoms with Gasteiger partial charge in [0.1, 0.15) is 12.1 Å². The lowest BCUT2D eigenvalue weighted by Gasteiger charge is -2.51. The van der Waals surface area contributed by atoms with Crippen LogP contribution in [-0.2, 0) is 56.9 Å². The molecule has 0 N–H and O–H groups in total. The van der Waals surface area contributed by atoms with Crippen LogP contribution in [0.15, 0.2) is 0 Å². The Hall–Kier alpha value is -3.71. The molecule has 6 atom stereocenters. The highest BCUT2D eigenvalue weighted by molar-refractivity contribution is 8.14. The van der Waals surface area contributed by atoms with Gasteiger partial charge in [0.25, 0.3) is 0 Å². The first-order chi connectivity index (χ1) is 25.4. The number of amides is 4. The first-order valence-corrected chi connectivity index (χ1v) is 22.3. The zero-order valence-corrected chi connectivity index (χ0v) is 36.1. The summed E-state index contributed by atoms with van der Waals surface area (Å²) >= 11 is 0.846. The zero-order chi connectivity index (χ0) is 42.2. The van der Waals surface area contributed by atoms with Gasteiger partial charge in [0, 0.05) is 31.8 Å². The number of nitrogens with zero attached hydrogens (tertiary/aromatic N) is 3. The van der Waals surface area contributed by atoms with E-state index in [4.69, 9.17) is 28.1 Å². The Labute approximate surface area is 328 Å². The molecule has 312 valence electrons. The van der Waals surface area contributed by atoms with Gasteiger partial charge >= 0.3 is 30.1 Å². The third-order valence-corrected chi connectivity index (χ3v) is 16.0. The van der Waals surface area contributed by atoms with Crippen LogP contribution < -0.4 is 0 Å². The number of hydrogen-bond acceptors (Lipinski definition) is 15. The third kappa shape index (κ3) is 12.1. The number of imide groups is 1. The van der Waals surface area contributed by atoms with E-state index in [9.17, 15) is 38.4 Å². The highest BCUT2D eigenvalue weighted by Gasteiger charge is 2.59. The van der Waals surface area contributed by atoms with Crippen molar-refractivity contribution in [1.82, 2.24) is 14.7 Å². The highest BCUT2D eigenvalue weighted by Crippen LogP contribution is 2.43. The number of hydrogen-bond donors (Lipinski definition) is 0. The van der Waals surface area contributed by atoms with Crippen LogP contribution in [0.1, 0.15) is 81.6 Å². The summed E-state index contributed by atoms with van der Waals surface area (Å²) in [5.41, 5.74) is 0. The third-order valence-electron chi connectivity index (χ3n) is 10.2. The number of rotatable bonds is 15. The fourth-order valence-corrected chi connectivity index (χ4v) is 8.45. The molecule has 0 radical (unpaired) electrons. The van der Waals surface area contributed by atoms with Gasteiger partial charge in [-0.15, -0.1) is 0 Å². The van der Waals surface area contributed by atoms with Gasteiger partial charge in [0.05, 0.1) is 24.0 Å². The van der Waals surface area contributed by atoms with E-state index in [1.54, 1.807) is 20.8 Å². The molecule has 2 aliphatic heterocycles. The van der Waals surface area contributed by atoms with Gasteiger partial charge in [-0.3, -0.25) is 33.8 Å². The van der Waals surface area contributed by atoms with Crippen molar-refractivity contribution in [2.75, 3.05) is 34.2 Å². The van der Waals surface area contributed by atoms with Gasteiger partial charge in [0.15, 0.2) is 13.4 Å². The quantitative estimate of drug-likeness (QED) is 0.0565. The normalized spacial score (nSPS) is 21.0. The maximum atomic E-state index is 14.0. The van der Waals surface area contributed by atoms with Crippen LogP contribution in [0, 0.1) is 17.8 Å². The van der Waals surface area contributed by atoms with Crippen molar-refractivity contribution in [1.29, 1.82) is 0 Å². The number of β-lactam (4-membered cyclic amide) rings is 1. The molecule has 2 heterocycles. The Bertz CT molecular complexity index is 1450. The summed E-state index contributed by atoms with van der Waals surface area (Å²) in [6, 6.07) is -2.10. The fraction of sp³-hybridized carbons (Fsp3) is 0.778. The molecule has 0 aliphatic carbocycles. The van der Waals surface area contributed by atoms with Crippen LogP contribution in [0.25, 0.3) is 0 Å². The van der Waals surface area contributed by atoms with Gasteiger partial charge in [-0.25, -0.2) is 14.4 Å². The number of carbonyl (C=O) groups is 8. The van der Waals surface area contributed by atoms with E-state index in [2.05, 4.69) is 0 Å². The van der Waals surface area contributed by atoms with Gasteiger partial charge in [-0.05, 0) is 44.3 Å². The zero-order valence-electron chi connectivity index (χ0n) is 34.3. The Morgan fingerprint density at radius 1 is 0.909 bits per heavy atom. The summed E-state index contributed by atoms with van der Waals surface area (Å²) in [4.78, 5) is 107. The van der Waals surface area contributed by atoms with Crippen molar-refractivity contribution in [3.8, 4) is 0 Å². The van der Waals surface area contributed by atoms with Crippen molar-refractivity contribution in [2.45, 2.75) is 129 Å². The van der Waals surface area contributed by atoms with E-state index < -0.39 is 116 Å². The molecule has 0 aromatic heterocycles. The van der Waals surface area contributed by atoms with Crippen LogP contribution in [0.4, 0.5) is 9.59 Å². The molecule has 55 heavy (non-hydrogen) atoms. The van der Waals surface area contributed by atoms with E-state index in [-0.39, 0.29) is 18.0 Å². The van der Waals surface area contributed by atoms with Crippen molar-refractivity contribution in [3.63, 3.8) is 0 Å². The van der Waals surface area contributed by atoms with Gasteiger partial charge in [-0.2, -0.15) is 0 Å². The lowest BCUT2D eigenvalue weighted by molar-refractivity contribution is -0.185. The van der Waals surface area contributed by atoms with Crippen molar-refractivity contribution in [2.24, 2.45) is 17.8 Å². The van der Waals surface area contributed by atoms with Crippen molar-refractivity contribution < 1.29 is 66.5 Å². The molecule has 0 aromatic rings. The molecule has 2 fully saturated rings. The smallest absolute Gasteiger partial charge is 0.431 e. The monoisotopic (exact) mass is 817 g/mol. The average molecular weight is 818 g/mol. The maximum absolute atomic E-state index is 14.0. The predicted molar refractivity (Wildman–Crippen MR) is 201 cm³/mol. The van der Waals surface area contributed by atoms with Gasteiger partial charge in [0.2, 0.25) is 25.4 Å². The minimum atomic E-state index is -2.46. The number of thioether (sulfide) groups is 1. The first kappa shape index (κ1) is 47.4. The molecule has 2 aliphatic rings. The largest absolute Gasteiger partial charge is 0.511 e. The van der Waals surface area contributed by atoms with Crippen LogP contribution in [0.3, 0.4) is 0 Å². The predicted octanol–water partition coefficient (Wildman–Crippen LogP) is 4.31. The molecule has 0 bridgehead atoms. The van der Waals surface area contributed by atoms with E-state index in [0.29, 0.717) is 17.7 Å². The number of esters is 2. The molecule has 2 rings (SSSR count). The second-order valence-electron chi connectivity index (χ2n) is 15.7. The molecule has 17 nitrogen and oxygen atoms in total. The van der Waals surface area contributed by atoms with E-state index >= 15 is 0 Å². The van der Waals surface area contributed by atoms with Crippen LogP contribution in [-0.4, -0.2) is 134 Å². The molecule has 0 saturated carbocycles. The molecular weight excluding hydrogens is 759 g/mol. The van der Waals surface area contributed by atoms with Gasteiger partial charge in [-0.1, -0.05) is 67.2 Å². The number of likely N-dealkylation sites (tertiary alicyclic amines) is 2. The SMILES string of the molecule is CCC(CC)OC(=O)OCOC(=O)C(=O)N1C(=O)[C@H]([C@@H](C)O[Si](C)(C)C(C)(C)C)[C@H]1[C@@H](C)C(=O)S[C@H]1C[C@@H](C(=O)N(C)C)N(C(=O)OCOC(=O)C(C)C)C1. The van der Waals surface area contributed by atoms with Crippen LogP contribution in [0.2, 0.25) is 18.1 Å². The lowest BCUT2D eigenvalue weighted by Crippen LogP contribution is -2.71. The molecular formula is C36H59N3O14SSi. The molecule has 0 unspecified atom stereocenters. The number of carbonyl (C=O) groups excluding carboxylic acids is 8. The molecule has 19 heteroatoms. The van der Waals surface area contributed by atoms with Crippen LogP contribution in [0.5, 0.6) is 0 Å². The van der Waals surface area contributed by atoms with Crippen molar-refractivity contribution in [3.05, 3.63) is 0 Å². The fourth-order valence-electron chi connectivity index (χ4n) is 5.83.